The van der Waals surface area contributed by atoms with Crippen molar-refractivity contribution in [3.63, 3.8) is 0 Å². The summed E-state index contributed by atoms with van der Waals surface area (Å²) in [4.78, 5) is 25.1. The number of thioether (sulfide) groups is 1. The van der Waals surface area contributed by atoms with Gasteiger partial charge in [-0.1, -0.05) is 59.4 Å². The minimum absolute atomic E-state index is 0.132. The maximum absolute atomic E-state index is 12.1. The highest BCUT2D eigenvalue weighted by atomic mass is 32.2. The largest absolute Gasteiger partial charge is 0.352 e. The van der Waals surface area contributed by atoms with Gasteiger partial charge in [0.05, 0.1) is 12.2 Å². The molecule has 6 nitrogen and oxygen atoms in total. The Bertz CT molecular complexity index is 927. The van der Waals surface area contributed by atoms with Crippen LogP contribution in [0.15, 0.2) is 59.5 Å². The molecule has 0 saturated carbocycles. The van der Waals surface area contributed by atoms with Gasteiger partial charge in [-0.05, 0) is 24.6 Å². The van der Waals surface area contributed by atoms with Gasteiger partial charge in [0, 0.05) is 11.4 Å². The molecule has 0 bridgehead atoms. The van der Waals surface area contributed by atoms with Gasteiger partial charge in [-0.25, -0.2) is 0 Å². The number of carbonyl (C=O) groups excluding carboxylic acids is 2. The van der Waals surface area contributed by atoms with Crippen LogP contribution in [0.25, 0.3) is 0 Å². The first-order chi connectivity index (χ1) is 13.6. The molecular weight excluding hydrogens is 392 g/mol. The summed E-state index contributed by atoms with van der Waals surface area (Å²) in [6.07, 6.45) is 0.137. The smallest absolute Gasteiger partial charge is 0.236 e. The third-order valence-corrected chi connectivity index (χ3v) is 5.60. The summed E-state index contributed by atoms with van der Waals surface area (Å²) in [5.41, 5.74) is 2.22. The van der Waals surface area contributed by atoms with Crippen LogP contribution in [0.1, 0.15) is 16.1 Å². The van der Waals surface area contributed by atoms with Gasteiger partial charge in [-0.15, -0.1) is 22.0 Å². The van der Waals surface area contributed by atoms with Crippen molar-refractivity contribution in [2.45, 2.75) is 24.8 Å². The van der Waals surface area contributed by atoms with Crippen molar-refractivity contribution >= 4 is 40.0 Å². The number of aryl methyl sites for hydroxylation is 1. The minimum Gasteiger partial charge on any atom is -0.352 e. The summed E-state index contributed by atoms with van der Waals surface area (Å²) in [6, 6.07) is 17.7. The molecule has 0 spiro atoms. The molecule has 8 heteroatoms. The number of nitrogens with zero attached hydrogens (tertiary/aromatic N) is 2. The van der Waals surface area contributed by atoms with Crippen LogP contribution in [0.5, 0.6) is 0 Å². The predicted octanol–water partition coefficient (Wildman–Crippen LogP) is 3.44. The lowest BCUT2D eigenvalue weighted by Gasteiger charge is -2.03. The highest BCUT2D eigenvalue weighted by Crippen LogP contribution is 2.20. The molecule has 3 aromatic rings. The van der Waals surface area contributed by atoms with Crippen molar-refractivity contribution in [2.24, 2.45) is 0 Å². The Hall–Kier alpha value is -2.71. The zero-order chi connectivity index (χ0) is 19.8. The molecule has 2 aromatic carbocycles. The molecule has 28 heavy (non-hydrogen) atoms. The number of amides is 2. The predicted molar refractivity (Wildman–Crippen MR) is 112 cm³/mol. The fraction of sp³-hybridized carbons (Fsp3) is 0.200. The van der Waals surface area contributed by atoms with E-state index < -0.39 is 0 Å². The minimum atomic E-state index is -0.151. The van der Waals surface area contributed by atoms with E-state index in [1.54, 1.807) is 0 Å². The number of carbonyl (C=O) groups is 2. The Kier molecular flexibility index (Phi) is 7.16. The molecule has 1 aromatic heterocycles. The highest BCUT2D eigenvalue weighted by Gasteiger charge is 2.12. The van der Waals surface area contributed by atoms with E-state index in [1.165, 1.54) is 28.7 Å². The molecule has 0 unspecified atom stereocenters. The first-order valence-corrected chi connectivity index (χ1v) is 10.5. The zero-order valence-electron chi connectivity index (χ0n) is 15.3. The summed E-state index contributed by atoms with van der Waals surface area (Å²) in [7, 11) is 0. The van der Waals surface area contributed by atoms with Gasteiger partial charge in [0.25, 0.3) is 0 Å². The summed E-state index contributed by atoms with van der Waals surface area (Å²) in [5, 5.41) is 14.5. The Morgan fingerprint density at radius 1 is 1.00 bits per heavy atom. The SMILES string of the molecule is Cc1ccc(SCC(=O)Nc2nnc(CC(=O)NCc3ccccc3)s2)cc1. The number of hydrogen-bond donors (Lipinski definition) is 2. The van der Waals surface area contributed by atoms with E-state index in [9.17, 15) is 9.59 Å². The molecule has 0 aliphatic carbocycles. The second-order valence-corrected chi connectivity index (χ2v) is 8.20. The number of hydrogen-bond acceptors (Lipinski definition) is 6. The van der Waals surface area contributed by atoms with Crippen LogP contribution in [0.3, 0.4) is 0 Å². The van der Waals surface area contributed by atoms with Crippen molar-refractivity contribution in [3.05, 3.63) is 70.7 Å². The van der Waals surface area contributed by atoms with Crippen molar-refractivity contribution in [2.75, 3.05) is 11.1 Å². The molecule has 0 fully saturated rings. The van der Waals surface area contributed by atoms with Crippen LogP contribution >= 0.6 is 23.1 Å². The number of aromatic nitrogens is 2. The Balaban J connectivity index is 1.42. The third kappa shape index (κ3) is 6.47. The van der Waals surface area contributed by atoms with Crippen LogP contribution < -0.4 is 10.6 Å². The lowest BCUT2D eigenvalue weighted by Crippen LogP contribution is -2.24. The molecule has 144 valence electrons. The molecule has 3 rings (SSSR count). The average Bonchev–Trinajstić information content (AvgIpc) is 3.13. The van der Waals surface area contributed by atoms with Crippen molar-refractivity contribution < 1.29 is 9.59 Å². The summed E-state index contributed by atoms with van der Waals surface area (Å²) < 4.78 is 0. The first kappa shape index (κ1) is 20.0. The van der Waals surface area contributed by atoms with Crippen LogP contribution in [0.4, 0.5) is 5.13 Å². The fourth-order valence-electron chi connectivity index (χ4n) is 2.31. The number of rotatable bonds is 8. The first-order valence-electron chi connectivity index (χ1n) is 8.71. The van der Waals surface area contributed by atoms with Crippen LogP contribution in [-0.4, -0.2) is 27.8 Å². The molecule has 2 amide bonds. The van der Waals surface area contributed by atoms with E-state index in [2.05, 4.69) is 20.8 Å². The van der Waals surface area contributed by atoms with Gasteiger partial charge < -0.3 is 5.32 Å². The van der Waals surface area contributed by atoms with Crippen LogP contribution in [0, 0.1) is 6.92 Å². The number of anilines is 1. The standard InChI is InChI=1S/C20H20N4O2S2/c1-14-7-9-16(10-8-14)27-13-18(26)22-20-24-23-19(28-20)11-17(25)21-12-15-5-3-2-4-6-15/h2-10H,11-13H2,1H3,(H,21,25)(H,22,24,26). The second-order valence-electron chi connectivity index (χ2n) is 6.09. The van der Waals surface area contributed by atoms with Gasteiger partial charge in [0.1, 0.15) is 5.01 Å². The van der Waals surface area contributed by atoms with E-state index in [0.29, 0.717) is 16.7 Å². The van der Waals surface area contributed by atoms with Gasteiger partial charge in [0.2, 0.25) is 16.9 Å². The van der Waals surface area contributed by atoms with Gasteiger partial charge >= 0.3 is 0 Å². The Morgan fingerprint density at radius 3 is 2.50 bits per heavy atom. The lowest BCUT2D eigenvalue weighted by atomic mass is 10.2. The normalized spacial score (nSPS) is 10.5. The van der Waals surface area contributed by atoms with Crippen LogP contribution in [-0.2, 0) is 22.6 Å². The molecule has 0 saturated heterocycles. The summed E-state index contributed by atoms with van der Waals surface area (Å²) in [6.45, 7) is 2.49. The summed E-state index contributed by atoms with van der Waals surface area (Å²) in [5.74, 6) is 0.00447. The van der Waals surface area contributed by atoms with Gasteiger partial charge in [0.15, 0.2) is 0 Å². The Morgan fingerprint density at radius 2 is 1.75 bits per heavy atom. The zero-order valence-corrected chi connectivity index (χ0v) is 17.0. The Labute approximate surface area is 171 Å². The molecule has 0 aliphatic heterocycles. The monoisotopic (exact) mass is 412 g/mol. The molecule has 2 N–H and O–H groups in total. The second kappa shape index (κ2) is 10.0. The van der Waals surface area contributed by atoms with Gasteiger partial charge in [-0.2, -0.15) is 0 Å². The molecular formula is C20H20N4O2S2. The van der Waals surface area contributed by atoms with Crippen molar-refractivity contribution in [1.82, 2.24) is 15.5 Å². The van der Waals surface area contributed by atoms with Crippen molar-refractivity contribution in [3.8, 4) is 0 Å². The molecule has 1 heterocycles. The number of benzene rings is 2. The van der Waals surface area contributed by atoms with Gasteiger partial charge in [-0.3, -0.25) is 14.9 Å². The maximum atomic E-state index is 12.1. The summed E-state index contributed by atoms with van der Waals surface area (Å²) >= 11 is 2.67. The van der Waals surface area contributed by atoms with E-state index >= 15 is 0 Å². The average molecular weight is 413 g/mol. The molecule has 0 radical (unpaired) electrons. The lowest BCUT2D eigenvalue weighted by molar-refractivity contribution is -0.120. The molecule has 0 aliphatic rings. The third-order valence-electron chi connectivity index (χ3n) is 3.75. The van der Waals surface area contributed by atoms with E-state index in [4.69, 9.17) is 0 Å². The van der Waals surface area contributed by atoms with E-state index in [1.807, 2.05) is 61.5 Å². The fourth-order valence-corrected chi connectivity index (χ4v) is 3.76. The number of nitrogens with one attached hydrogen (secondary N) is 2. The van der Waals surface area contributed by atoms with E-state index in [-0.39, 0.29) is 24.0 Å². The van der Waals surface area contributed by atoms with Crippen LogP contribution in [0.2, 0.25) is 0 Å². The van der Waals surface area contributed by atoms with Crippen molar-refractivity contribution in [1.29, 1.82) is 0 Å². The molecule has 0 atom stereocenters. The maximum Gasteiger partial charge on any atom is 0.236 e. The topological polar surface area (TPSA) is 84.0 Å². The van der Waals surface area contributed by atoms with E-state index in [0.717, 1.165) is 10.5 Å². The quantitative estimate of drug-likeness (QED) is 0.554. The highest BCUT2D eigenvalue weighted by molar-refractivity contribution is 8.00.